The van der Waals surface area contributed by atoms with Gasteiger partial charge in [-0.05, 0) is 24.8 Å². The maximum absolute atomic E-state index is 13.2. The van der Waals surface area contributed by atoms with Crippen molar-refractivity contribution in [3.8, 4) is 0 Å². The fourth-order valence-corrected chi connectivity index (χ4v) is 4.28. The Bertz CT molecular complexity index is 585. The van der Waals surface area contributed by atoms with Gasteiger partial charge < -0.3 is 5.73 Å². The summed E-state index contributed by atoms with van der Waals surface area (Å²) in [6.07, 6.45) is 5.76. The number of hydrogen-bond acceptors (Lipinski definition) is 4. The number of nitrogens with one attached hydrogen (secondary N) is 1. The molecule has 1 aromatic rings. The van der Waals surface area contributed by atoms with Crippen molar-refractivity contribution in [2.45, 2.75) is 43.0 Å². The van der Waals surface area contributed by atoms with E-state index in [-0.39, 0.29) is 29.8 Å². The highest BCUT2D eigenvalue weighted by atomic mass is 35.5. The predicted octanol–water partition coefficient (Wildman–Crippen LogP) is 1.83. The highest BCUT2D eigenvalue weighted by molar-refractivity contribution is 7.89. The Labute approximate surface area is 131 Å². The van der Waals surface area contributed by atoms with Crippen LogP contribution in [0.5, 0.6) is 0 Å². The lowest BCUT2D eigenvalue weighted by atomic mass is 9.74. The van der Waals surface area contributed by atoms with Gasteiger partial charge in [-0.1, -0.05) is 19.8 Å². The van der Waals surface area contributed by atoms with Crippen molar-refractivity contribution in [3.05, 3.63) is 24.3 Å². The molecule has 5 nitrogen and oxygen atoms in total. The van der Waals surface area contributed by atoms with Gasteiger partial charge in [0, 0.05) is 18.3 Å². The topological polar surface area (TPSA) is 85.1 Å². The summed E-state index contributed by atoms with van der Waals surface area (Å²) in [6, 6.07) is 0.965. The average Bonchev–Trinajstić information content (AvgIpc) is 2.41. The molecule has 1 aliphatic rings. The first-order valence-electron chi connectivity index (χ1n) is 6.74. The number of nitrogens with zero attached hydrogens (tertiary/aromatic N) is 1. The highest BCUT2D eigenvalue weighted by Gasteiger charge is 2.40. The standard InChI is InChI=1S/C13H20FN3O2S.ClH/c1-10-4-2-3-5-13(10,9-15)17-20(18,19)12-6-11(14)7-16-8-12;/h6-8,10,17H,2-5,9,15H2,1H3;1H. The van der Waals surface area contributed by atoms with Crippen LogP contribution in [-0.4, -0.2) is 25.5 Å². The van der Waals surface area contributed by atoms with Gasteiger partial charge in [0.2, 0.25) is 10.0 Å². The van der Waals surface area contributed by atoms with Gasteiger partial charge in [0.15, 0.2) is 0 Å². The van der Waals surface area contributed by atoms with E-state index < -0.39 is 21.4 Å². The smallest absolute Gasteiger partial charge is 0.242 e. The zero-order chi connectivity index (χ0) is 14.8. The van der Waals surface area contributed by atoms with Gasteiger partial charge in [-0.25, -0.2) is 17.5 Å². The van der Waals surface area contributed by atoms with Crippen molar-refractivity contribution in [1.29, 1.82) is 0 Å². The molecule has 1 saturated carbocycles. The SMILES string of the molecule is CC1CCCCC1(CN)NS(=O)(=O)c1cncc(F)c1.Cl. The third kappa shape index (κ3) is 3.91. The molecule has 0 bridgehead atoms. The number of pyridine rings is 1. The predicted molar refractivity (Wildman–Crippen MR) is 81.2 cm³/mol. The normalized spacial score (nSPS) is 26.1. The lowest BCUT2D eigenvalue weighted by Gasteiger charge is -2.42. The number of nitrogens with two attached hydrogens (primary N) is 1. The third-order valence-corrected chi connectivity index (χ3v) is 5.66. The fourth-order valence-electron chi connectivity index (χ4n) is 2.78. The van der Waals surface area contributed by atoms with Crippen LogP contribution < -0.4 is 10.5 Å². The summed E-state index contributed by atoms with van der Waals surface area (Å²) in [5.41, 5.74) is 5.18. The van der Waals surface area contributed by atoms with Crippen LogP contribution in [0.2, 0.25) is 0 Å². The van der Waals surface area contributed by atoms with Gasteiger partial charge in [0.1, 0.15) is 10.7 Å². The molecule has 2 unspecified atom stereocenters. The van der Waals surface area contributed by atoms with E-state index >= 15 is 0 Å². The van der Waals surface area contributed by atoms with Crippen molar-refractivity contribution in [1.82, 2.24) is 9.71 Å². The van der Waals surface area contributed by atoms with E-state index in [4.69, 9.17) is 5.73 Å². The minimum Gasteiger partial charge on any atom is -0.329 e. The minimum absolute atomic E-state index is 0. The van der Waals surface area contributed by atoms with Gasteiger partial charge in [-0.3, -0.25) is 4.98 Å². The average molecular weight is 338 g/mol. The number of aromatic nitrogens is 1. The number of rotatable bonds is 4. The zero-order valence-corrected chi connectivity index (χ0v) is 13.5. The summed E-state index contributed by atoms with van der Waals surface area (Å²) < 4.78 is 40.6. The van der Waals surface area contributed by atoms with Crippen LogP contribution in [0.1, 0.15) is 32.6 Å². The van der Waals surface area contributed by atoms with Crippen LogP contribution in [0.4, 0.5) is 4.39 Å². The van der Waals surface area contributed by atoms with Crippen LogP contribution in [0.25, 0.3) is 0 Å². The Kier molecular flexibility index (Phi) is 6.10. The molecule has 3 N–H and O–H groups in total. The molecule has 0 saturated heterocycles. The van der Waals surface area contributed by atoms with E-state index in [1.54, 1.807) is 0 Å². The summed E-state index contributed by atoms with van der Waals surface area (Å²) in [4.78, 5) is 3.42. The van der Waals surface area contributed by atoms with Crippen LogP contribution in [0.15, 0.2) is 23.4 Å². The highest BCUT2D eigenvalue weighted by Crippen LogP contribution is 2.34. The van der Waals surface area contributed by atoms with Gasteiger partial charge in [-0.2, -0.15) is 0 Å². The number of halogens is 2. The molecule has 1 fully saturated rings. The second-order valence-electron chi connectivity index (χ2n) is 5.45. The molecule has 8 heteroatoms. The minimum atomic E-state index is -3.82. The molecule has 120 valence electrons. The second kappa shape index (κ2) is 7.00. The van der Waals surface area contributed by atoms with E-state index in [0.29, 0.717) is 6.42 Å². The van der Waals surface area contributed by atoms with E-state index in [0.717, 1.165) is 37.7 Å². The van der Waals surface area contributed by atoms with E-state index in [2.05, 4.69) is 9.71 Å². The lowest BCUT2D eigenvalue weighted by molar-refractivity contribution is 0.191. The van der Waals surface area contributed by atoms with Crippen molar-refractivity contribution < 1.29 is 12.8 Å². The first-order chi connectivity index (χ1) is 9.39. The molecule has 0 spiro atoms. The molecule has 0 aliphatic heterocycles. The number of sulfonamides is 1. The zero-order valence-electron chi connectivity index (χ0n) is 11.9. The van der Waals surface area contributed by atoms with Crippen LogP contribution in [0.3, 0.4) is 0 Å². The van der Waals surface area contributed by atoms with Crippen LogP contribution in [0, 0.1) is 11.7 Å². The van der Waals surface area contributed by atoms with Crippen molar-refractivity contribution in [3.63, 3.8) is 0 Å². The lowest BCUT2D eigenvalue weighted by Crippen LogP contribution is -2.58. The Balaban J connectivity index is 0.00000220. The Morgan fingerprint density at radius 2 is 2.19 bits per heavy atom. The molecule has 1 aromatic heterocycles. The molecule has 0 aromatic carbocycles. The molecule has 21 heavy (non-hydrogen) atoms. The molecule has 1 aliphatic carbocycles. The first kappa shape index (κ1) is 18.3. The summed E-state index contributed by atoms with van der Waals surface area (Å²) in [6.45, 7) is 2.23. The quantitative estimate of drug-likeness (QED) is 0.877. The van der Waals surface area contributed by atoms with E-state index in [1.165, 1.54) is 0 Å². The Morgan fingerprint density at radius 1 is 1.48 bits per heavy atom. The summed E-state index contributed by atoms with van der Waals surface area (Å²) in [5.74, 6) is -0.524. The maximum Gasteiger partial charge on any atom is 0.242 e. The molecule has 2 atom stereocenters. The van der Waals surface area contributed by atoms with Crippen molar-refractivity contribution in [2.75, 3.05) is 6.54 Å². The van der Waals surface area contributed by atoms with Gasteiger partial charge in [0.05, 0.1) is 6.20 Å². The number of hydrogen-bond donors (Lipinski definition) is 2. The molecular weight excluding hydrogens is 317 g/mol. The first-order valence-corrected chi connectivity index (χ1v) is 8.22. The van der Waals surface area contributed by atoms with Crippen LogP contribution in [-0.2, 0) is 10.0 Å². The Hall–Kier alpha value is -0.760. The Morgan fingerprint density at radius 3 is 2.76 bits per heavy atom. The van der Waals surface area contributed by atoms with Crippen LogP contribution >= 0.6 is 12.4 Å². The van der Waals surface area contributed by atoms with E-state index in [9.17, 15) is 12.8 Å². The summed E-state index contributed by atoms with van der Waals surface area (Å²) in [5, 5.41) is 0. The maximum atomic E-state index is 13.2. The van der Waals surface area contributed by atoms with Crippen molar-refractivity contribution >= 4 is 22.4 Å². The molecule has 2 rings (SSSR count). The fraction of sp³-hybridized carbons (Fsp3) is 0.615. The van der Waals surface area contributed by atoms with E-state index in [1.807, 2.05) is 6.92 Å². The monoisotopic (exact) mass is 337 g/mol. The molecule has 1 heterocycles. The van der Waals surface area contributed by atoms with Gasteiger partial charge in [0.25, 0.3) is 0 Å². The molecule has 0 radical (unpaired) electrons. The largest absolute Gasteiger partial charge is 0.329 e. The molecular formula is C13H21ClFN3O2S. The van der Waals surface area contributed by atoms with Gasteiger partial charge >= 0.3 is 0 Å². The second-order valence-corrected chi connectivity index (χ2v) is 7.13. The van der Waals surface area contributed by atoms with Crippen molar-refractivity contribution in [2.24, 2.45) is 11.7 Å². The summed E-state index contributed by atoms with van der Waals surface area (Å²) >= 11 is 0. The summed E-state index contributed by atoms with van der Waals surface area (Å²) in [7, 11) is -3.82. The van der Waals surface area contributed by atoms with Gasteiger partial charge in [-0.15, -0.1) is 12.4 Å². The third-order valence-electron chi connectivity index (χ3n) is 4.15. The molecule has 0 amide bonds.